The number of thioether (sulfide) groups is 1. The SMILES string of the molecule is CC(C#N)C(=O)N[C@@H]1C(=O)N2[C@@H](C(=O)OC(c3ccccc3)c3ccccc3)C(=O)CS[C@@H]12. The van der Waals surface area contributed by atoms with Gasteiger partial charge in [-0.1, -0.05) is 60.7 Å². The summed E-state index contributed by atoms with van der Waals surface area (Å²) in [7, 11) is 0. The van der Waals surface area contributed by atoms with Gasteiger partial charge in [-0.05, 0) is 18.1 Å². The Bertz CT molecular complexity index is 1080. The molecule has 0 aliphatic carbocycles. The fourth-order valence-corrected chi connectivity index (χ4v) is 5.07. The summed E-state index contributed by atoms with van der Waals surface area (Å²) in [6.07, 6.45) is -0.746. The van der Waals surface area contributed by atoms with Gasteiger partial charge in [0.15, 0.2) is 17.9 Å². The van der Waals surface area contributed by atoms with Crippen molar-refractivity contribution in [2.24, 2.45) is 5.92 Å². The van der Waals surface area contributed by atoms with Gasteiger partial charge in [-0.3, -0.25) is 14.4 Å². The smallest absolute Gasteiger partial charge is 0.337 e. The first-order valence-electron chi connectivity index (χ1n) is 10.4. The van der Waals surface area contributed by atoms with Crippen molar-refractivity contribution in [1.82, 2.24) is 10.2 Å². The third-order valence-corrected chi connectivity index (χ3v) is 6.90. The number of amides is 2. The van der Waals surface area contributed by atoms with Crippen molar-refractivity contribution in [3.63, 3.8) is 0 Å². The van der Waals surface area contributed by atoms with E-state index in [9.17, 15) is 19.2 Å². The van der Waals surface area contributed by atoms with Crippen molar-refractivity contribution in [2.45, 2.75) is 30.5 Å². The van der Waals surface area contributed by atoms with Gasteiger partial charge >= 0.3 is 5.97 Å². The molecule has 2 fully saturated rings. The van der Waals surface area contributed by atoms with Gasteiger partial charge in [0, 0.05) is 0 Å². The predicted molar refractivity (Wildman–Crippen MR) is 119 cm³/mol. The van der Waals surface area contributed by atoms with E-state index in [1.807, 2.05) is 66.7 Å². The molecule has 2 aromatic carbocycles. The number of nitrogens with one attached hydrogen (secondary N) is 1. The third-order valence-electron chi connectivity index (χ3n) is 5.61. The maximum Gasteiger partial charge on any atom is 0.337 e. The first-order valence-corrected chi connectivity index (χ1v) is 11.4. The van der Waals surface area contributed by atoms with Crippen molar-refractivity contribution < 1.29 is 23.9 Å². The highest BCUT2D eigenvalue weighted by Crippen LogP contribution is 2.38. The van der Waals surface area contributed by atoms with Crippen LogP contribution in [0.4, 0.5) is 0 Å². The summed E-state index contributed by atoms with van der Waals surface area (Å²) in [5.41, 5.74) is 1.47. The van der Waals surface area contributed by atoms with Crippen LogP contribution in [0.15, 0.2) is 60.7 Å². The second-order valence-corrected chi connectivity index (χ2v) is 8.90. The first-order chi connectivity index (χ1) is 15.9. The number of hydrogen-bond acceptors (Lipinski definition) is 7. The number of carbonyl (C=O) groups is 4. The third kappa shape index (κ3) is 4.34. The molecular weight excluding hydrogens is 442 g/mol. The largest absolute Gasteiger partial charge is 0.451 e. The zero-order valence-electron chi connectivity index (χ0n) is 17.7. The average molecular weight is 464 g/mol. The minimum absolute atomic E-state index is 0.00965. The Kier molecular flexibility index (Phi) is 6.47. The molecule has 1 N–H and O–H groups in total. The fourth-order valence-electron chi connectivity index (χ4n) is 3.82. The summed E-state index contributed by atoms with van der Waals surface area (Å²) in [6, 6.07) is 17.8. The molecule has 2 aromatic rings. The quantitative estimate of drug-likeness (QED) is 0.395. The van der Waals surface area contributed by atoms with Gasteiger partial charge in [0.25, 0.3) is 0 Å². The van der Waals surface area contributed by atoms with Gasteiger partial charge in [0.1, 0.15) is 17.3 Å². The minimum atomic E-state index is -1.37. The van der Waals surface area contributed by atoms with Gasteiger partial charge in [-0.25, -0.2) is 4.79 Å². The van der Waals surface area contributed by atoms with Crippen LogP contribution < -0.4 is 5.32 Å². The molecule has 4 atom stereocenters. The predicted octanol–water partition coefficient (Wildman–Crippen LogP) is 1.82. The number of Topliss-reactive ketones (excluding diaryl/α,β-unsaturated/α-hetero) is 1. The molecule has 168 valence electrons. The highest BCUT2D eigenvalue weighted by atomic mass is 32.2. The van der Waals surface area contributed by atoms with Crippen LogP contribution in [0.3, 0.4) is 0 Å². The molecule has 2 aliphatic rings. The molecule has 8 nitrogen and oxygen atoms in total. The van der Waals surface area contributed by atoms with Crippen molar-refractivity contribution in [2.75, 3.05) is 5.75 Å². The lowest BCUT2D eigenvalue weighted by molar-refractivity contribution is -0.170. The Balaban J connectivity index is 1.54. The summed E-state index contributed by atoms with van der Waals surface area (Å²) >= 11 is 1.18. The molecule has 2 saturated heterocycles. The number of carbonyl (C=O) groups excluding carboxylic acids is 4. The fraction of sp³-hybridized carbons (Fsp3) is 0.292. The Labute approximate surface area is 194 Å². The standard InChI is InChI=1S/C24H21N3O5S/c1-14(12-25)21(29)26-18-22(30)27-19(17(28)13-33-23(18)27)24(31)32-20(15-8-4-2-5-9-15)16-10-6-3-7-11-16/h2-11,14,18-20,23H,13H2,1H3,(H,26,29)/t14?,18-,19-,23+/m1/s1. The van der Waals surface area contributed by atoms with Gasteiger partial charge in [-0.15, -0.1) is 11.8 Å². The Hall–Kier alpha value is -3.64. The van der Waals surface area contributed by atoms with Crippen molar-refractivity contribution in [3.05, 3.63) is 71.8 Å². The molecule has 4 rings (SSSR count). The van der Waals surface area contributed by atoms with Gasteiger partial charge < -0.3 is 15.0 Å². The topological polar surface area (TPSA) is 117 Å². The second kappa shape index (κ2) is 9.46. The maximum absolute atomic E-state index is 13.2. The molecule has 2 aliphatic heterocycles. The number of β-lactam (4-membered cyclic amide) rings is 1. The highest BCUT2D eigenvalue weighted by Gasteiger charge is 2.58. The molecule has 2 heterocycles. The summed E-state index contributed by atoms with van der Waals surface area (Å²) in [6.45, 7) is 1.43. The van der Waals surface area contributed by atoms with Crippen molar-refractivity contribution in [3.8, 4) is 6.07 Å². The number of ketones is 1. The number of nitrogens with zero attached hydrogens (tertiary/aromatic N) is 2. The number of hydrogen-bond donors (Lipinski definition) is 1. The highest BCUT2D eigenvalue weighted by molar-refractivity contribution is 8.00. The van der Waals surface area contributed by atoms with E-state index < -0.39 is 53.0 Å². The molecule has 1 unspecified atom stereocenters. The van der Waals surface area contributed by atoms with E-state index in [-0.39, 0.29) is 5.75 Å². The lowest BCUT2D eigenvalue weighted by atomic mass is 9.98. The summed E-state index contributed by atoms with van der Waals surface area (Å²) < 4.78 is 5.81. The monoisotopic (exact) mass is 463 g/mol. The number of nitriles is 1. The van der Waals surface area contributed by atoms with Crippen LogP contribution in [0.1, 0.15) is 24.2 Å². The maximum atomic E-state index is 13.2. The lowest BCUT2D eigenvalue weighted by Crippen LogP contribution is -2.76. The molecule has 0 radical (unpaired) electrons. The summed E-state index contributed by atoms with van der Waals surface area (Å²) in [5, 5.41) is 10.9. The van der Waals surface area contributed by atoms with Crippen LogP contribution in [0, 0.1) is 17.2 Å². The van der Waals surface area contributed by atoms with E-state index in [0.29, 0.717) is 0 Å². The molecule has 0 spiro atoms. The first kappa shape index (κ1) is 22.6. The van der Waals surface area contributed by atoms with E-state index in [1.54, 1.807) is 0 Å². The summed E-state index contributed by atoms with van der Waals surface area (Å²) in [5.74, 6) is -3.26. The second-order valence-electron chi connectivity index (χ2n) is 7.79. The average Bonchev–Trinajstić information content (AvgIpc) is 2.85. The molecule has 2 amide bonds. The number of esters is 1. The minimum Gasteiger partial charge on any atom is -0.451 e. The van der Waals surface area contributed by atoms with Crippen LogP contribution in [0.2, 0.25) is 0 Å². The van der Waals surface area contributed by atoms with Crippen molar-refractivity contribution >= 4 is 35.3 Å². The van der Waals surface area contributed by atoms with Gasteiger partial charge in [0.05, 0.1) is 11.8 Å². The molecule has 33 heavy (non-hydrogen) atoms. The number of rotatable bonds is 6. The lowest BCUT2D eigenvalue weighted by Gasteiger charge is -2.51. The molecular formula is C24H21N3O5S. The Morgan fingerprint density at radius 2 is 1.67 bits per heavy atom. The molecule has 0 bridgehead atoms. The van der Waals surface area contributed by atoms with Crippen LogP contribution >= 0.6 is 11.8 Å². The van der Waals surface area contributed by atoms with E-state index in [4.69, 9.17) is 10.00 Å². The molecule has 0 aromatic heterocycles. The summed E-state index contributed by atoms with van der Waals surface area (Å²) in [4.78, 5) is 51.9. The van der Waals surface area contributed by atoms with Crippen LogP contribution in [-0.4, -0.2) is 51.7 Å². The number of fused-ring (bicyclic) bond motifs is 1. The van der Waals surface area contributed by atoms with Gasteiger partial charge in [-0.2, -0.15) is 5.26 Å². The van der Waals surface area contributed by atoms with E-state index in [2.05, 4.69) is 5.32 Å². The van der Waals surface area contributed by atoms with E-state index in [1.165, 1.54) is 23.6 Å². The number of benzene rings is 2. The molecule has 0 saturated carbocycles. The van der Waals surface area contributed by atoms with Crippen molar-refractivity contribution in [1.29, 1.82) is 5.26 Å². The van der Waals surface area contributed by atoms with Crippen LogP contribution in [0.5, 0.6) is 0 Å². The van der Waals surface area contributed by atoms with Crippen LogP contribution in [-0.2, 0) is 23.9 Å². The van der Waals surface area contributed by atoms with E-state index in [0.717, 1.165) is 11.1 Å². The van der Waals surface area contributed by atoms with Gasteiger partial charge in [0.2, 0.25) is 11.8 Å². The van der Waals surface area contributed by atoms with E-state index >= 15 is 0 Å². The zero-order chi connectivity index (χ0) is 23.5. The Morgan fingerprint density at radius 3 is 2.21 bits per heavy atom. The zero-order valence-corrected chi connectivity index (χ0v) is 18.5. The van der Waals surface area contributed by atoms with Crippen LogP contribution in [0.25, 0.3) is 0 Å². The number of ether oxygens (including phenoxy) is 1. The Morgan fingerprint density at radius 1 is 1.09 bits per heavy atom. The normalized spacial score (nSPS) is 22.6. The molecule has 9 heteroatoms.